The van der Waals surface area contributed by atoms with Gasteiger partial charge in [-0.25, -0.2) is 0 Å². The Morgan fingerprint density at radius 1 is 1.44 bits per heavy atom. The van der Waals surface area contributed by atoms with Crippen LogP contribution in [0, 0.1) is 0 Å². The number of ether oxygens (including phenoxy) is 1. The summed E-state index contributed by atoms with van der Waals surface area (Å²) < 4.78 is 28.2. The molecule has 1 unspecified atom stereocenters. The van der Waals surface area contributed by atoms with Gasteiger partial charge in [0, 0.05) is 11.7 Å². The highest BCUT2D eigenvalue weighted by Gasteiger charge is 2.09. The van der Waals surface area contributed by atoms with Crippen LogP contribution in [0.15, 0.2) is 18.2 Å². The van der Waals surface area contributed by atoms with Crippen molar-refractivity contribution in [2.45, 2.75) is 32.9 Å². The molecule has 0 aliphatic carbocycles. The molecular formula is C11H14ClF2NO. The molecule has 0 amide bonds. The molecule has 16 heavy (non-hydrogen) atoms. The highest BCUT2D eigenvalue weighted by molar-refractivity contribution is 6.32. The van der Waals surface area contributed by atoms with Crippen LogP contribution >= 0.6 is 11.6 Å². The SMILES string of the molecule is CCC(C)Nc1ccc(OC(F)F)c(Cl)c1. The molecule has 1 aromatic rings. The standard InChI is InChI=1S/C11H14ClF2NO/c1-3-7(2)15-8-4-5-10(9(12)6-8)16-11(13)14/h4-7,11,15H,3H2,1-2H3. The van der Waals surface area contributed by atoms with Crippen molar-refractivity contribution in [1.82, 2.24) is 0 Å². The minimum atomic E-state index is -2.86. The molecule has 1 N–H and O–H groups in total. The van der Waals surface area contributed by atoms with Crippen LogP contribution in [0.25, 0.3) is 0 Å². The van der Waals surface area contributed by atoms with E-state index >= 15 is 0 Å². The van der Waals surface area contributed by atoms with Crippen molar-refractivity contribution < 1.29 is 13.5 Å². The lowest BCUT2D eigenvalue weighted by Crippen LogP contribution is -2.13. The fourth-order valence-electron chi connectivity index (χ4n) is 1.17. The summed E-state index contributed by atoms with van der Waals surface area (Å²) in [6.45, 7) is 1.22. The van der Waals surface area contributed by atoms with Crippen LogP contribution in [0.5, 0.6) is 5.75 Å². The third-order valence-corrected chi connectivity index (χ3v) is 2.47. The first-order valence-corrected chi connectivity index (χ1v) is 5.41. The van der Waals surface area contributed by atoms with E-state index in [1.807, 2.05) is 13.8 Å². The fraction of sp³-hybridized carbons (Fsp3) is 0.455. The van der Waals surface area contributed by atoms with Crippen molar-refractivity contribution in [1.29, 1.82) is 0 Å². The molecule has 0 saturated heterocycles. The van der Waals surface area contributed by atoms with E-state index in [1.165, 1.54) is 6.07 Å². The van der Waals surface area contributed by atoms with Gasteiger partial charge in [0.05, 0.1) is 5.02 Å². The van der Waals surface area contributed by atoms with E-state index in [1.54, 1.807) is 12.1 Å². The lowest BCUT2D eigenvalue weighted by atomic mass is 10.2. The third kappa shape index (κ3) is 3.85. The zero-order valence-corrected chi connectivity index (χ0v) is 9.89. The van der Waals surface area contributed by atoms with Crippen molar-refractivity contribution >= 4 is 17.3 Å². The summed E-state index contributed by atoms with van der Waals surface area (Å²) in [4.78, 5) is 0. The van der Waals surface area contributed by atoms with Gasteiger partial charge < -0.3 is 10.1 Å². The summed E-state index contributed by atoms with van der Waals surface area (Å²) >= 11 is 5.80. The van der Waals surface area contributed by atoms with E-state index in [0.29, 0.717) is 6.04 Å². The van der Waals surface area contributed by atoms with E-state index in [9.17, 15) is 8.78 Å². The number of nitrogens with one attached hydrogen (secondary N) is 1. The van der Waals surface area contributed by atoms with Gasteiger partial charge in [0.25, 0.3) is 0 Å². The van der Waals surface area contributed by atoms with E-state index in [0.717, 1.165) is 12.1 Å². The van der Waals surface area contributed by atoms with Crippen LogP contribution in [-0.4, -0.2) is 12.7 Å². The second-order valence-electron chi connectivity index (χ2n) is 3.48. The predicted molar refractivity (Wildman–Crippen MR) is 61.5 cm³/mol. The second kappa shape index (κ2) is 5.89. The fourth-order valence-corrected chi connectivity index (χ4v) is 1.39. The molecule has 0 bridgehead atoms. The number of alkyl halides is 2. The number of hydrogen-bond donors (Lipinski definition) is 1. The molecule has 0 heterocycles. The Balaban J connectivity index is 2.74. The van der Waals surface area contributed by atoms with Gasteiger partial charge in [-0.3, -0.25) is 0 Å². The van der Waals surface area contributed by atoms with Crippen molar-refractivity contribution in [3.8, 4) is 5.75 Å². The number of hydrogen-bond acceptors (Lipinski definition) is 2. The maximum atomic E-state index is 12.0. The van der Waals surface area contributed by atoms with E-state index < -0.39 is 6.61 Å². The van der Waals surface area contributed by atoms with Crippen molar-refractivity contribution in [3.05, 3.63) is 23.2 Å². The van der Waals surface area contributed by atoms with Crippen LogP contribution in [0.1, 0.15) is 20.3 Å². The van der Waals surface area contributed by atoms with Gasteiger partial charge in [0.2, 0.25) is 0 Å². The summed E-state index contributed by atoms with van der Waals surface area (Å²) in [5, 5.41) is 3.36. The number of benzene rings is 1. The normalized spacial score (nSPS) is 12.6. The first-order chi connectivity index (χ1) is 7.52. The maximum absolute atomic E-state index is 12.0. The minimum absolute atomic E-state index is 0.00799. The monoisotopic (exact) mass is 249 g/mol. The molecule has 1 atom stereocenters. The molecule has 1 rings (SSSR count). The van der Waals surface area contributed by atoms with Crippen LogP contribution in [0.3, 0.4) is 0 Å². The average Bonchev–Trinajstić information content (AvgIpc) is 2.21. The maximum Gasteiger partial charge on any atom is 0.387 e. The lowest BCUT2D eigenvalue weighted by molar-refractivity contribution is -0.0497. The Morgan fingerprint density at radius 2 is 2.12 bits per heavy atom. The Labute approximate surface area is 98.6 Å². The van der Waals surface area contributed by atoms with Gasteiger partial charge >= 0.3 is 6.61 Å². The Hall–Kier alpha value is -1.03. The molecule has 2 nitrogen and oxygen atoms in total. The number of rotatable bonds is 5. The molecule has 0 aliphatic heterocycles. The first-order valence-electron chi connectivity index (χ1n) is 5.03. The summed E-state index contributed by atoms with van der Waals surface area (Å²) in [6, 6.07) is 4.97. The smallest absolute Gasteiger partial charge is 0.387 e. The van der Waals surface area contributed by atoms with Crippen LogP contribution in [-0.2, 0) is 0 Å². The van der Waals surface area contributed by atoms with Crippen molar-refractivity contribution in [2.75, 3.05) is 5.32 Å². The van der Waals surface area contributed by atoms with E-state index in [4.69, 9.17) is 11.6 Å². The van der Waals surface area contributed by atoms with Crippen molar-refractivity contribution in [2.24, 2.45) is 0 Å². The molecule has 90 valence electrons. The minimum Gasteiger partial charge on any atom is -0.433 e. The van der Waals surface area contributed by atoms with Gasteiger partial charge in [-0.15, -0.1) is 0 Å². The van der Waals surface area contributed by atoms with Crippen LogP contribution < -0.4 is 10.1 Å². The zero-order valence-electron chi connectivity index (χ0n) is 9.14. The van der Waals surface area contributed by atoms with Crippen molar-refractivity contribution in [3.63, 3.8) is 0 Å². The van der Waals surface area contributed by atoms with Gasteiger partial charge in [-0.1, -0.05) is 18.5 Å². The summed E-state index contributed by atoms with van der Waals surface area (Å²) in [5.41, 5.74) is 0.793. The summed E-state index contributed by atoms with van der Waals surface area (Å²) in [7, 11) is 0. The lowest BCUT2D eigenvalue weighted by Gasteiger charge is -2.14. The van der Waals surface area contributed by atoms with Crippen LogP contribution in [0.4, 0.5) is 14.5 Å². The van der Waals surface area contributed by atoms with Gasteiger partial charge in [-0.05, 0) is 31.5 Å². The molecule has 0 radical (unpaired) electrons. The third-order valence-electron chi connectivity index (χ3n) is 2.17. The molecular weight excluding hydrogens is 236 g/mol. The van der Waals surface area contributed by atoms with E-state index in [2.05, 4.69) is 10.1 Å². The molecule has 0 spiro atoms. The average molecular weight is 250 g/mol. The molecule has 0 saturated carbocycles. The Bertz CT molecular complexity index is 347. The van der Waals surface area contributed by atoms with Gasteiger partial charge in [-0.2, -0.15) is 8.78 Å². The molecule has 0 aliphatic rings. The van der Waals surface area contributed by atoms with E-state index in [-0.39, 0.29) is 10.8 Å². The first kappa shape index (κ1) is 13.0. The van der Waals surface area contributed by atoms with Crippen LogP contribution in [0.2, 0.25) is 5.02 Å². The molecule has 1 aromatic carbocycles. The Kier molecular flexibility index (Phi) is 4.80. The molecule has 0 aromatic heterocycles. The number of anilines is 1. The largest absolute Gasteiger partial charge is 0.433 e. The molecule has 0 fully saturated rings. The zero-order chi connectivity index (χ0) is 12.1. The summed E-state index contributed by atoms with van der Waals surface area (Å²) in [6.07, 6.45) is 0.965. The quantitative estimate of drug-likeness (QED) is 0.846. The second-order valence-corrected chi connectivity index (χ2v) is 3.88. The predicted octanol–water partition coefficient (Wildman–Crippen LogP) is 4.15. The highest BCUT2D eigenvalue weighted by Crippen LogP contribution is 2.29. The number of halogens is 3. The van der Waals surface area contributed by atoms with Gasteiger partial charge in [0.15, 0.2) is 0 Å². The van der Waals surface area contributed by atoms with Gasteiger partial charge in [0.1, 0.15) is 5.75 Å². The highest BCUT2D eigenvalue weighted by atomic mass is 35.5. The topological polar surface area (TPSA) is 21.3 Å². The summed E-state index contributed by atoms with van der Waals surface area (Å²) in [5.74, 6) is -0.00799. The Morgan fingerprint density at radius 3 is 2.62 bits per heavy atom. The molecule has 5 heteroatoms.